The summed E-state index contributed by atoms with van der Waals surface area (Å²) in [7, 11) is -35.2. The summed E-state index contributed by atoms with van der Waals surface area (Å²) in [5, 5.41) is -9.37. The van der Waals surface area contributed by atoms with Crippen LogP contribution >= 0.6 is 45.6 Å². The number of rotatable bonds is 12. The molecule has 0 spiro atoms. The van der Waals surface area contributed by atoms with Crippen molar-refractivity contribution in [1.29, 1.82) is 0 Å². The highest BCUT2D eigenvalue weighted by Crippen LogP contribution is 2.68. The second kappa shape index (κ2) is 10.1. The Hall–Kier alpha value is 0.860. The Morgan fingerprint density at radius 1 is 0.438 bits per heavy atom. The van der Waals surface area contributed by atoms with Crippen molar-refractivity contribution in [3.8, 4) is 0 Å². The predicted molar refractivity (Wildman–Crippen MR) is 104 cm³/mol. The van der Waals surface area contributed by atoms with E-state index in [1.165, 1.54) is 0 Å². The molecule has 0 rings (SSSR count). The first kappa shape index (κ1) is 32.9. The van der Waals surface area contributed by atoms with Crippen LogP contribution in [0.5, 0.6) is 0 Å². The van der Waals surface area contributed by atoms with Gasteiger partial charge in [-0.15, -0.1) is 0 Å². The van der Waals surface area contributed by atoms with E-state index in [-0.39, 0.29) is 0 Å². The largest absolute Gasteiger partial charge is 0.340 e. The average Bonchev–Trinajstić information content (AvgIpc) is 2.41. The van der Waals surface area contributed by atoms with Gasteiger partial charge in [-0.3, -0.25) is 27.4 Å². The minimum absolute atomic E-state index is 1.81. The zero-order valence-electron chi connectivity index (χ0n) is 15.4. The Morgan fingerprint density at radius 3 is 0.656 bits per heavy atom. The molecule has 0 aliphatic carbocycles. The zero-order chi connectivity index (χ0) is 26.4. The first-order chi connectivity index (χ1) is 13.5. The van der Waals surface area contributed by atoms with Crippen molar-refractivity contribution in [2.45, 2.75) is 41.0 Å². The molecule has 0 saturated carbocycles. The number of hydrogen-bond donors (Lipinski definition) is 13. The Labute approximate surface area is 179 Å². The normalized spacial score (nSPS) is 15.8. The van der Waals surface area contributed by atoms with Crippen LogP contribution in [0.25, 0.3) is 0 Å². The quantitative estimate of drug-likeness (QED) is 0.107. The molecule has 0 aromatic heterocycles. The van der Waals surface area contributed by atoms with Crippen LogP contribution in [-0.2, 0) is 27.4 Å². The summed E-state index contributed by atoms with van der Waals surface area (Å²) in [5.74, 6) is 0. The molecule has 0 unspecified atom stereocenters. The third kappa shape index (κ3) is 10.2. The van der Waals surface area contributed by atoms with Gasteiger partial charge in [0.2, 0.25) is 0 Å². The standard InChI is InChI=1S/C7H23NO18P6/c8-7(1-4(27(9,10)11)28(12,13)14,2-5(29(15,16)17)30(18,19)20)3-6(31(21,22)23)32(24,25)26/h4-6H,1-3,8H2,(H2,9,10,11)(H2,12,13,14)(H2,15,16,17)(H2,18,19,20)(H2,21,22,23)(H2,24,25,26). The van der Waals surface area contributed by atoms with Crippen LogP contribution in [0, 0.1) is 0 Å². The summed E-state index contributed by atoms with van der Waals surface area (Å²) in [4.78, 5) is 111. The lowest BCUT2D eigenvalue weighted by Gasteiger charge is -2.38. The Bertz CT molecular complexity index is 769. The monoisotopic (exact) mass is 595 g/mol. The van der Waals surface area contributed by atoms with Crippen molar-refractivity contribution >= 4 is 45.6 Å². The van der Waals surface area contributed by atoms with Gasteiger partial charge < -0.3 is 64.5 Å². The molecule has 19 nitrogen and oxygen atoms in total. The fourth-order valence-corrected chi connectivity index (χ4v) is 11.0. The molecular formula is C7H23NO18P6. The first-order valence-corrected chi connectivity index (χ1v) is 17.7. The van der Waals surface area contributed by atoms with Crippen LogP contribution < -0.4 is 5.73 Å². The summed E-state index contributed by atoms with van der Waals surface area (Å²) in [5.41, 5.74) is 2.47. The summed E-state index contributed by atoms with van der Waals surface area (Å²) >= 11 is 0. The van der Waals surface area contributed by atoms with Gasteiger partial charge >= 0.3 is 45.6 Å². The van der Waals surface area contributed by atoms with E-state index in [0.717, 1.165) is 0 Å². The van der Waals surface area contributed by atoms with Crippen molar-refractivity contribution in [2.75, 3.05) is 0 Å². The van der Waals surface area contributed by atoms with Crippen molar-refractivity contribution < 1.29 is 86.1 Å². The third-order valence-corrected chi connectivity index (χ3v) is 15.3. The first-order valence-electron chi connectivity index (χ1n) is 7.62. The maximum atomic E-state index is 11.5. The minimum atomic E-state index is -5.86. The highest BCUT2D eigenvalue weighted by Gasteiger charge is 2.56. The molecule has 0 bridgehead atoms. The molecular weight excluding hydrogens is 572 g/mol. The van der Waals surface area contributed by atoms with Gasteiger partial charge in [-0.2, -0.15) is 0 Å². The SMILES string of the molecule is NC(CC(P(=O)(O)O)P(=O)(O)O)(CC(P(=O)(O)O)P(=O)(O)O)CC(P(=O)(O)O)P(=O)(O)O. The van der Waals surface area contributed by atoms with E-state index in [1.54, 1.807) is 0 Å². The van der Waals surface area contributed by atoms with Gasteiger partial charge in [-0.25, -0.2) is 0 Å². The van der Waals surface area contributed by atoms with Gasteiger partial charge in [-0.05, 0) is 19.3 Å². The Balaban J connectivity index is 6.88. The lowest BCUT2D eigenvalue weighted by Crippen LogP contribution is -2.48. The van der Waals surface area contributed by atoms with E-state index < -0.39 is 86.6 Å². The Kier molecular flexibility index (Phi) is 10.4. The van der Waals surface area contributed by atoms with Crippen molar-refractivity contribution in [3.05, 3.63) is 0 Å². The summed E-state index contributed by atoms with van der Waals surface area (Å²) in [6.07, 6.45) is -5.43. The molecule has 0 fully saturated rings. The van der Waals surface area contributed by atoms with Gasteiger partial charge in [0.05, 0.1) is 0 Å². The lowest BCUT2D eigenvalue weighted by molar-refractivity contribution is 0.271. The molecule has 0 radical (unpaired) electrons. The lowest BCUT2D eigenvalue weighted by atomic mass is 9.90. The molecule has 25 heteroatoms. The smallest absolute Gasteiger partial charge is 0.325 e. The van der Waals surface area contributed by atoms with Crippen LogP contribution in [0.4, 0.5) is 0 Å². The van der Waals surface area contributed by atoms with Crippen LogP contribution in [-0.4, -0.2) is 80.5 Å². The van der Waals surface area contributed by atoms with Crippen LogP contribution in [0.15, 0.2) is 0 Å². The van der Waals surface area contributed by atoms with Crippen molar-refractivity contribution in [2.24, 2.45) is 5.73 Å². The van der Waals surface area contributed by atoms with Crippen LogP contribution in [0.1, 0.15) is 19.3 Å². The second-order valence-electron chi connectivity index (χ2n) is 6.95. The van der Waals surface area contributed by atoms with Gasteiger partial charge in [0.15, 0.2) is 16.2 Å². The second-order valence-corrected chi connectivity index (χ2v) is 19.0. The van der Waals surface area contributed by atoms with Gasteiger partial charge in [0.1, 0.15) is 0 Å². The van der Waals surface area contributed by atoms with Crippen LogP contribution in [0.2, 0.25) is 0 Å². The summed E-state index contributed by atoms with van der Waals surface area (Å²) in [6, 6.07) is 0. The maximum absolute atomic E-state index is 11.5. The zero-order valence-corrected chi connectivity index (χ0v) is 20.8. The Morgan fingerprint density at radius 2 is 0.562 bits per heavy atom. The third-order valence-electron chi connectivity index (χ3n) is 4.10. The molecule has 32 heavy (non-hydrogen) atoms. The molecule has 0 saturated heterocycles. The van der Waals surface area contributed by atoms with E-state index in [9.17, 15) is 86.1 Å². The fraction of sp³-hybridized carbons (Fsp3) is 1.00. The minimum Gasteiger partial charge on any atom is -0.325 e. The van der Waals surface area contributed by atoms with E-state index in [2.05, 4.69) is 0 Å². The van der Waals surface area contributed by atoms with Gasteiger partial charge in [-0.1, -0.05) is 0 Å². The van der Waals surface area contributed by atoms with Crippen molar-refractivity contribution in [1.82, 2.24) is 0 Å². The summed E-state index contributed by atoms with van der Waals surface area (Å²) < 4.78 is 69.3. The van der Waals surface area contributed by atoms with E-state index >= 15 is 0 Å². The molecule has 0 aromatic rings. The van der Waals surface area contributed by atoms with Crippen molar-refractivity contribution in [3.63, 3.8) is 0 Å². The molecule has 0 aliphatic rings. The van der Waals surface area contributed by atoms with Crippen LogP contribution in [0.3, 0.4) is 0 Å². The predicted octanol–water partition coefficient (Wildman–Crippen LogP) is -2.10. The molecule has 0 aromatic carbocycles. The number of nitrogens with two attached hydrogens (primary N) is 1. The van der Waals surface area contributed by atoms with E-state index in [4.69, 9.17) is 5.73 Å². The topological polar surface area (TPSA) is 371 Å². The van der Waals surface area contributed by atoms with Gasteiger partial charge in [0.25, 0.3) is 0 Å². The highest BCUT2D eigenvalue weighted by molar-refractivity contribution is 7.71. The fourth-order valence-electron chi connectivity index (χ4n) is 2.64. The molecule has 0 heterocycles. The highest BCUT2D eigenvalue weighted by atomic mass is 31.2. The molecule has 0 atom stereocenters. The molecule has 0 amide bonds. The number of hydrogen-bond acceptors (Lipinski definition) is 7. The average molecular weight is 595 g/mol. The molecule has 194 valence electrons. The maximum Gasteiger partial charge on any atom is 0.340 e. The molecule has 14 N–H and O–H groups in total. The van der Waals surface area contributed by atoms with E-state index in [1.807, 2.05) is 0 Å². The molecule has 0 aliphatic heterocycles. The van der Waals surface area contributed by atoms with Gasteiger partial charge in [0, 0.05) is 5.54 Å². The van der Waals surface area contributed by atoms with E-state index in [0.29, 0.717) is 0 Å². The summed E-state index contributed by atoms with van der Waals surface area (Å²) in [6.45, 7) is 0.